The van der Waals surface area contributed by atoms with Gasteiger partial charge >= 0.3 is 12.1 Å². The second-order valence-electron chi connectivity index (χ2n) is 6.52. The second-order valence-corrected chi connectivity index (χ2v) is 7.47. The van der Waals surface area contributed by atoms with E-state index < -0.39 is 24.3 Å². The first-order chi connectivity index (χ1) is 15.3. The van der Waals surface area contributed by atoms with E-state index in [4.69, 9.17) is 9.26 Å². The van der Waals surface area contributed by atoms with Crippen molar-refractivity contribution in [1.29, 1.82) is 0 Å². The van der Waals surface area contributed by atoms with Crippen molar-refractivity contribution < 1.29 is 32.0 Å². The van der Waals surface area contributed by atoms with Gasteiger partial charge in [-0.1, -0.05) is 41.6 Å². The number of hydrogen-bond donors (Lipinski definition) is 0. The molecule has 0 aliphatic carbocycles. The van der Waals surface area contributed by atoms with Crippen LogP contribution < -0.4 is 0 Å². The van der Waals surface area contributed by atoms with Crippen molar-refractivity contribution in [3.63, 3.8) is 0 Å². The molecule has 2 aromatic carbocycles. The highest BCUT2D eigenvalue weighted by Crippen LogP contribution is 2.31. The van der Waals surface area contributed by atoms with Gasteiger partial charge in [0, 0.05) is 11.1 Å². The number of alkyl halides is 3. The van der Waals surface area contributed by atoms with Gasteiger partial charge in [-0.15, -0.1) is 11.3 Å². The van der Waals surface area contributed by atoms with Crippen molar-refractivity contribution in [2.75, 3.05) is 0 Å². The lowest BCUT2D eigenvalue weighted by Crippen LogP contribution is -2.12. The molecular weight excluding hydrogens is 445 g/mol. The van der Waals surface area contributed by atoms with Crippen LogP contribution in [-0.2, 0) is 17.5 Å². The Kier molecular flexibility index (Phi) is 5.87. The predicted octanol–water partition coefficient (Wildman–Crippen LogP) is 5.40. The van der Waals surface area contributed by atoms with E-state index in [0.717, 1.165) is 12.1 Å². The smallest absolute Gasteiger partial charge is 0.416 e. The number of halogens is 3. The van der Waals surface area contributed by atoms with Crippen molar-refractivity contribution >= 4 is 23.1 Å². The summed E-state index contributed by atoms with van der Waals surface area (Å²) >= 11 is 1.25. The quantitative estimate of drug-likeness (QED) is 0.284. The van der Waals surface area contributed by atoms with E-state index >= 15 is 0 Å². The number of ether oxygens (including phenoxy) is 1. The zero-order chi connectivity index (χ0) is 22.7. The van der Waals surface area contributed by atoms with Gasteiger partial charge in [-0.2, -0.15) is 18.2 Å². The summed E-state index contributed by atoms with van der Waals surface area (Å²) in [5, 5.41) is 5.40. The van der Waals surface area contributed by atoms with Gasteiger partial charge in [0.05, 0.1) is 16.0 Å². The highest BCUT2D eigenvalue weighted by molar-refractivity contribution is 7.12. The van der Waals surface area contributed by atoms with E-state index in [2.05, 4.69) is 10.1 Å². The molecule has 162 valence electrons. The molecule has 0 unspecified atom stereocenters. The average Bonchev–Trinajstić information content (AvgIpc) is 3.49. The van der Waals surface area contributed by atoms with Gasteiger partial charge in [0.1, 0.15) is 0 Å². The number of aromatic nitrogens is 2. The summed E-state index contributed by atoms with van der Waals surface area (Å²) in [6.45, 7) is -0.410. The lowest BCUT2D eigenvalue weighted by atomic mass is 10.0. The Bertz CT molecular complexity index is 1270. The molecule has 0 spiro atoms. The zero-order valence-electron chi connectivity index (χ0n) is 16.1. The topological polar surface area (TPSA) is 82.3 Å². The molecular formula is C22H13F3N2O4S. The third-order valence-electron chi connectivity index (χ3n) is 4.38. The van der Waals surface area contributed by atoms with Gasteiger partial charge in [0.25, 0.3) is 5.89 Å². The average molecular weight is 458 g/mol. The fourth-order valence-corrected chi connectivity index (χ4v) is 3.55. The maximum atomic E-state index is 12.9. The summed E-state index contributed by atoms with van der Waals surface area (Å²) < 4.78 is 48.8. The first-order valence-corrected chi connectivity index (χ1v) is 10.1. The van der Waals surface area contributed by atoms with E-state index in [9.17, 15) is 22.8 Å². The molecule has 0 aliphatic rings. The van der Waals surface area contributed by atoms with E-state index in [1.54, 1.807) is 29.6 Å². The zero-order valence-corrected chi connectivity index (χ0v) is 16.9. The minimum Gasteiger partial charge on any atom is -0.452 e. The number of carbonyl (C=O) groups excluding carboxylic acids is 2. The number of nitrogens with zero attached hydrogens (tertiary/aromatic N) is 2. The molecule has 0 N–H and O–H groups in total. The van der Waals surface area contributed by atoms with Crippen LogP contribution in [0.5, 0.6) is 0 Å². The molecule has 32 heavy (non-hydrogen) atoms. The molecule has 0 amide bonds. The van der Waals surface area contributed by atoms with E-state index in [-0.39, 0.29) is 34.2 Å². The number of carbonyl (C=O) groups is 2. The van der Waals surface area contributed by atoms with Gasteiger partial charge in [-0.05, 0) is 29.6 Å². The summed E-state index contributed by atoms with van der Waals surface area (Å²) in [4.78, 5) is 29.7. The van der Waals surface area contributed by atoms with Crippen LogP contribution in [0.4, 0.5) is 13.2 Å². The van der Waals surface area contributed by atoms with Crippen LogP contribution in [0, 0.1) is 0 Å². The SMILES string of the molecule is O=C(OCc1nc(-c2cccc(C(F)(F)F)c2)no1)c1ccccc1C(=O)c1cccs1. The van der Waals surface area contributed by atoms with Gasteiger partial charge in [0.2, 0.25) is 11.6 Å². The lowest BCUT2D eigenvalue weighted by Gasteiger charge is -2.07. The standard InChI is InChI=1S/C22H13F3N2O4S/c23-22(24,25)14-6-3-5-13(11-14)20-26-18(31-27-20)12-30-21(29)16-8-2-1-7-15(16)19(28)17-9-4-10-32-17/h1-11H,12H2. The van der Waals surface area contributed by atoms with Crippen LogP contribution in [0.1, 0.15) is 37.0 Å². The summed E-state index contributed by atoms with van der Waals surface area (Å²) in [6, 6.07) is 14.1. The Morgan fingerprint density at radius 1 is 1.00 bits per heavy atom. The van der Waals surface area contributed by atoms with Crippen molar-refractivity contribution in [2.24, 2.45) is 0 Å². The first kappa shape index (κ1) is 21.4. The summed E-state index contributed by atoms with van der Waals surface area (Å²) in [5.74, 6) is -1.26. The molecule has 4 rings (SSSR count). The monoisotopic (exact) mass is 458 g/mol. The molecule has 0 saturated heterocycles. The summed E-state index contributed by atoms with van der Waals surface area (Å²) in [7, 11) is 0. The Morgan fingerprint density at radius 3 is 2.50 bits per heavy atom. The number of esters is 1. The van der Waals surface area contributed by atoms with Crippen molar-refractivity contribution in [3.05, 3.63) is 93.5 Å². The lowest BCUT2D eigenvalue weighted by molar-refractivity contribution is -0.137. The molecule has 4 aromatic rings. The van der Waals surface area contributed by atoms with Crippen molar-refractivity contribution in [2.45, 2.75) is 12.8 Å². The van der Waals surface area contributed by atoms with Crippen LogP contribution in [0.3, 0.4) is 0 Å². The molecule has 2 heterocycles. The fourth-order valence-electron chi connectivity index (χ4n) is 2.87. The van der Waals surface area contributed by atoms with Crippen LogP contribution >= 0.6 is 11.3 Å². The number of benzene rings is 2. The van der Waals surface area contributed by atoms with Crippen LogP contribution in [0.15, 0.2) is 70.6 Å². The summed E-state index contributed by atoms with van der Waals surface area (Å²) in [6.07, 6.45) is -4.51. The Morgan fingerprint density at radius 2 is 1.78 bits per heavy atom. The number of ketones is 1. The van der Waals surface area contributed by atoms with Crippen LogP contribution in [0.2, 0.25) is 0 Å². The molecule has 0 fully saturated rings. The number of rotatable bonds is 6. The molecule has 6 nitrogen and oxygen atoms in total. The Hall–Kier alpha value is -3.79. The van der Waals surface area contributed by atoms with E-state index in [1.165, 1.54) is 35.6 Å². The van der Waals surface area contributed by atoms with Gasteiger partial charge in [-0.3, -0.25) is 4.79 Å². The predicted molar refractivity (Wildman–Crippen MR) is 108 cm³/mol. The maximum Gasteiger partial charge on any atom is 0.416 e. The normalized spacial score (nSPS) is 11.3. The van der Waals surface area contributed by atoms with Gasteiger partial charge in [0.15, 0.2) is 6.61 Å². The van der Waals surface area contributed by atoms with E-state index in [1.807, 2.05) is 0 Å². The minimum absolute atomic E-state index is 0.0727. The number of thiophene rings is 1. The van der Waals surface area contributed by atoms with Gasteiger partial charge < -0.3 is 9.26 Å². The van der Waals surface area contributed by atoms with E-state index in [0.29, 0.717) is 4.88 Å². The highest BCUT2D eigenvalue weighted by Gasteiger charge is 2.31. The van der Waals surface area contributed by atoms with Crippen molar-refractivity contribution in [3.8, 4) is 11.4 Å². The minimum atomic E-state index is -4.51. The van der Waals surface area contributed by atoms with Crippen LogP contribution in [0.25, 0.3) is 11.4 Å². The largest absolute Gasteiger partial charge is 0.452 e. The summed E-state index contributed by atoms with van der Waals surface area (Å²) in [5.41, 5.74) is -0.480. The third kappa shape index (κ3) is 4.59. The Labute approximate surface area is 183 Å². The Balaban J connectivity index is 1.48. The number of hydrogen-bond acceptors (Lipinski definition) is 7. The maximum absolute atomic E-state index is 12.9. The fraction of sp³-hybridized carbons (Fsp3) is 0.0909. The molecule has 0 radical (unpaired) electrons. The highest BCUT2D eigenvalue weighted by atomic mass is 32.1. The molecule has 0 saturated carbocycles. The van der Waals surface area contributed by atoms with Crippen molar-refractivity contribution in [1.82, 2.24) is 10.1 Å². The van der Waals surface area contributed by atoms with Crippen LogP contribution in [-0.4, -0.2) is 21.9 Å². The molecule has 2 aromatic heterocycles. The molecule has 10 heteroatoms. The molecule has 0 atom stereocenters. The first-order valence-electron chi connectivity index (χ1n) is 9.17. The molecule has 0 aliphatic heterocycles. The third-order valence-corrected chi connectivity index (χ3v) is 5.25. The van der Waals surface area contributed by atoms with Gasteiger partial charge in [-0.25, -0.2) is 4.79 Å². The molecule has 0 bridgehead atoms. The second kappa shape index (κ2) is 8.75.